The first kappa shape index (κ1) is 46.6. The van der Waals surface area contributed by atoms with E-state index in [1.165, 1.54) is 7.11 Å². The number of methoxy groups -OCH3 is 3. The molecular formula is C45H57N3O10. The maximum atomic E-state index is 12.7. The van der Waals surface area contributed by atoms with Gasteiger partial charge in [0.2, 0.25) is 5.91 Å². The predicted octanol–water partition coefficient (Wildman–Crippen LogP) is 8.02. The van der Waals surface area contributed by atoms with Crippen LogP contribution < -0.4 is 25.6 Å². The summed E-state index contributed by atoms with van der Waals surface area (Å²) >= 11 is 0. The fraction of sp³-hybridized carbons (Fsp3) is 0.378. The standard InChI is InChI=1S/C23H29NO5.C22H28N2O5/c1-27-20-15-13-18(14-16-20)17-29-21(11-7-4-8-12-22(25)28-2)23(26)24-19-9-5-3-6-10-19;1-28-19-14-12-17(13-15-19)16-29-20(10-6-3-7-11-21(25)24-27)22(26)23-18-8-4-2-5-9-18/h3,5-6,9-10,13-16,21H,4,7-8,11-12,17H2,1-2H3,(H,24,26);2,4-5,8-9,12-15,20,27H,3,6-7,10-11,16H2,1H3,(H,23,26)(H,24,25). The summed E-state index contributed by atoms with van der Waals surface area (Å²) in [6.45, 7) is 0.642. The van der Waals surface area contributed by atoms with Gasteiger partial charge < -0.3 is 34.3 Å². The maximum Gasteiger partial charge on any atom is 0.305 e. The second kappa shape index (κ2) is 27.8. The number of para-hydroxylation sites is 2. The number of benzene rings is 4. The van der Waals surface area contributed by atoms with Crippen molar-refractivity contribution in [2.24, 2.45) is 0 Å². The number of ether oxygens (including phenoxy) is 5. The Balaban J connectivity index is 0.000000310. The average Bonchev–Trinajstić information content (AvgIpc) is 3.26. The second-order valence-corrected chi connectivity index (χ2v) is 13.3. The fourth-order valence-electron chi connectivity index (χ4n) is 5.63. The van der Waals surface area contributed by atoms with E-state index in [0.29, 0.717) is 38.9 Å². The second-order valence-electron chi connectivity index (χ2n) is 13.3. The van der Waals surface area contributed by atoms with Crippen LogP contribution in [-0.4, -0.2) is 62.4 Å². The van der Waals surface area contributed by atoms with Crippen molar-refractivity contribution in [3.63, 3.8) is 0 Å². The Bertz CT molecular complexity index is 1630. The molecule has 4 aromatic carbocycles. The molecule has 0 saturated heterocycles. The minimum Gasteiger partial charge on any atom is -0.497 e. The largest absolute Gasteiger partial charge is 0.497 e. The monoisotopic (exact) mass is 799 g/mol. The topological polar surface area (TPSA) is 171 Å². The van der Waals surface area contributed by atoms with Crippen molar-refractivity contribution in [3.8, 4) is 11.5 Å². The summed E-state index contributed by atoms with van der Waals surface area (Å²) in [5, 5.41) is 14.3. The van der Waals surface area contributed by atoms with Crippen molar-refractivity contribution in [1.29, 1.82) is 0 Å². The van der Waals surface area contributed by atoms with Gasteiger partial charge in [-0.05, 0) is 85.3 Å². The summed E-state index contributed by atoms with van der Waals surface area (Å²) < 4.78 is 26.8. The molecule has 2 unspecified atom stereocenters. The number of carbonyl (C=O) groups excluding carboxylic acids is 4. The Morgan fingerprint density at radius 1 is 0.534 bits per heavy atom. The Kier molecular flexibility index (Phi) is 22.3. The van der Waals surface area contributed by atoms with Gasteiger partial charge in [0.25, 0.3) is 11.8 Å². The number of unbranched alkanes of at least 4 members (excludes halogenated alkanes) is 4. The van der Waals surface area contributed by atoms with E-state index < -0.39 is 18.1 Å². The van der Waals surface area contributed by atoms with Crippen molar-refractivity contribution >= 4 is 35.1 Å². The third-order valence-corrected chi connectivity index (χ3v) is 8.96. The van der Waals surface area contributed by atoms with Crippen LogP contribution in [0.5, 0.6) is 11.5 Å². The number of amides is 3. The zero-order valence-electron chi connectivity index (χ0n) is 33.7. The highest BCUT2D eigenvalue weighted by molar-refractivity contribution is 5.94. The van der Waals surface area contributed by atoms with Gasteiger partial charge in [-0.3, -0.25) is 24.4 Å². The van der Waals surface area contributed by atoms with Gasteiger partial charge in [-0.1, -0.05) is 86.3 Å². The minimum atomic E-state index is -0.607. The first-order chi connectivity index (χ1) is 28.2. The molecule has 0 aromatic heterocycles. The predicted molar refractivity (Wildman–Crippen MR) is 221 cm³/mol. The molecule has 4 rings (SSSR count). The fourth-order valence-corrected chi connectivity index (χ4v) is 5.63. The summed E-state index contributed by atoms with van der Waals surface area (Å²) in [5.41, 5.74) is 4.99. The molecule has 0 spiro atoms. The Labute approximate surface area is 341 Å². The number of hydrogen-bond acceptors (Lipinski definition) is 10. The van der Waals surface area contributed by atoms with E-state index in [1.54, 1.807) is 19.7 Å². The van der Waals surface area contributed by atoms with Crippen molar-refractivity contribution in [3.05, 3.63) is 120 Å². The zero-order chi connectivity index (χ0) is 41.8. The minimum absolute atomic E-state index is 0.169. The van der Waals surface area contributed by atoms with Crippen molar-refractivity contribution in [2.75, 3.05) is 32.0 Å². The van der Waals surface area contributed by atoms with Crippen molar-refractivity contribution < 1.29 is 48.1 Å². The van der Waals surface area contributed by atoms with Gasteiger partial charge >= 0.3 is 5.97 Å². The van der Waals surface area contributed by atoms with Crippen LogP contribution in [0.25, 0.3) is 0 Å². The van der Waals surface area contributed by atoms with Crippen LogP contribution in [0.15, 0.2) is 109 Å². The molecule has 0 aliphatic heterocycles. The molecule has 4 N–H and O–H groups in total. The highest BCUT2D eigenvalue weighted by Crippen LogP contribution is 2.19. The van der Waals surface area contributed by atoms with E-state index in [0.717, 1.165) is 66.1 Å². The molecule has 58 heavy (non-hydrogen) atoms. The third kappa shape index (κ3) is 18.9. The van der Waals surface area contributed by atoms with Crippen LogP contribution in [0.1, 0.15) is 75.3 Å². The summed E-state index contributed by atoms with van der Waals surface area (Å²) in [6.07, 6.45) is 5.06. The number of hydrogen-bond donors (Lipinski definition) is 4. The highest BCUT2D eigenvalue weighted by atomic mass is 16.5. The lowest BCUT2D eigenvalue weighted by atomic mass is 10.1. The number of carbonyl (C=O) groups is 4. The zero-order valence-corrected chi connectivity index (χ0v) is 33.7. The smallest absolute Gasteiger partial charge is 0.305 e. The van der Waals surface area contributed by atoms with E-state index >= 15 is 0 Å². The number of rotatable bonds is 24. The summed E-state index contributed by atoms with van der Waals surface area (Å²) in [6, 6.07) is 33.6. The Morgan fingerprint density at radius 3 is 1.33 bits per heavy atom. The molecule has 312 valence electrons. The molecule has 4 aromatic rings. The number of esters is 1. The molecule has 0 radical (unpaired) electrons. The molecule has 3 amide bonds. The van der Waals surface area contributed by atoms with Gasteiger partial charge in [-0.25, -0.2) is 5.48 Å². The van der Waals surface area contributed by atoms with E-state index in [9.17, 15) is 19.2 Å². The lowest BCUT2D eigenvalue weighted by Crippen LogP contribution is -2.30. The van der Waals surface area contributed by atoms with Crippen molar-refractivity contribution in [1.82, 2.24) is 5.48 Å². The molecule has 0 heterocycles. The quantitative estimate of drug-likeness (QED) is 0.0236. The lowest BCUT2D eigenvalue weighted by molar-refractivity contribution is -0.140. The highest BCUT2D eigenvalue weighted by Gasteiger charge is 2.21. The van der Waals surface area contributed by atoms with Crippen LogP contribution in [0, 0.1) is 0 Å². The summed E-state index contributed by atoms with van der Waals surface area (Å²) in [5.74, 6) is 0.561. The van der Waals surface area contributed by atoms with Gasteiger partial charge in [-0.2, -0.15) is 0 Å². The first-order valence-electron chi connectivity index (χ1n) is 19.4. The molecular weight excluding hydrogens is 743 g/mol. The number of anilines is 2. The van der Waals surface area contributed by atoms with Gasteiger partial charge in [0.15, 0.2) is 0 Å². The molecule has 13 nitrogen and oxygen atoms in total. The normalized spacial score (nSPS) is 11.5. The first-order valence-corrected chi connectivity index (χ1v) is 19.4. The summed E-state index contributed by atoms with van der Waals surface area (Å²) in [7, 11) is 4.62. The lowest BCUT2D eigenvalue weighted by Gasteiger charge is -2.18. The Morgan fingerprint density at radius 2 is 0.948 bits per heavy atom. The van der Waals surface area contributed by atoms with Crippen LogP contribution >= 0.6 is 0 Å². The Hall–Kier alpha value is -5.76. The van der Waals surface area contributed by atoms with Crippen LogP contribution in [0.3, 0.4) is 0 Å². The van der Waals surface area contributed by atoms with E-state index in [1.807, 2.05) is 109 Å². The molecule has 0 bridgehead atoms. The van der Waals surface area contributed by atoms with Crippen LogP contribution in [0.2, 0.25) is 0 Å². The molecule has 2 atom stereocenters. The van der Waals surface area contributed by atoms with Gasteiger partial charge in [-0.15, -0.1) is 0 Å². The van der Waals surface area contributed by atoms with E-state index in [-0.39, 0.29) is 24.2 Å². The number of hydroxylamine groups is 1. The number of nitrogens with one attached hydrogen (secondary N) is 3. The molecule has 0 aliphatic carbocycles. The van der Waals surface area contributed by atoms with Crippen LogP contribution in [-0.2, 0) is 46.6 Å². The molecule has 13 heteroatoms. The molecule has 0 fully saturated rings. The van der Waals surface area contributed by atoms with Crippen molar-refractivity contribution in [2.45, 2.75) is 89.6 Å². The van der Waals surface area contributed by atoms with Gasteiger partial charge in [0.1, 0.15) is 23.7 Å². The van der Waals surface area contributed by atoms with Crippen LogP contribution in [0.4, 0.5) is 11.4 Å². The van der Waals surface area contributed by atoms with E-state index in [2.05, 4.69) is 15.4 Å². The van der Waals surface area contributed by atoms with E-state index in [4.69, 9.17) is 24.2 Å². The maximum absolute atomic E-state index is 12.7. The summed E-state index contributed by atoms with van der Waals surface area (Å²) in [4.78, 5) is 47.7. The third-order valence-electron chi connectivity index (χ3n) is 8.96. The van der Waals surface area contributed by atoms with Gasteiger partial charge in [0.05, 0.1) is 34.5 Å². The molecule has 0 aliphatic rings. The van der Waals surface area contributed by atoms with Gasteiger partial charge in [0, 0.05) is 24.2 Å². The molecule has 0 saturated carbocycles. The average molecular weight is 800 g/mol. The SMILES string of the molecule is COC(=O)CCCCCC(OCc1ccc(OC)cc1)C(=O)Nc1ccccc1.COc1ccc(COC(CCCCCC(=O)NO)C(=O)Nc2ccccc2)cc1.